The summed E-state index contributed by atoms with van der Waals surface area (Å²) >= 11 is 6.75. The summed E-state index contributed by atoms with van der Waals surface area (Å²) in [6.07, 6.45) is 2.96. The number of halogens is 1. The molecule has 0 fully saturated rings. The first-order chi connectivity index (χ1) is 10.4. The second-order valence-corrected chi connectivity index (χ2v) is 11.2. The summed E-state index contributed by atoms with van der Waals surface area (Å²) in [7, 11) is -3.17. The first kappa shape index (κ1) is 23.4. The van der Waals surface area contributed by atoms with Gasteiger partial charge in [0.05, 0.1) is 0 Å². The Morgan fingerprint density at radius 3 is 0.957 bits per heavy atom. The zero-order valence-corrected chi connectivity index (χ0v) is 18.4. The van der Waals surface area contributed by atoms with Crippen molar-refractivity contribution in [3.63, 3.8) is 0 Å². The third-order valence-electron chi connectivity index (χ3n) is 3.44. The molecule has 140 valence electrons. The average Bonchev–Trinajstić information content (AvgIpc) is 2.22. The Hall–Kier alpha value is 0.387. The maximum Gasteiger partial charge on any atom is 0.613 e. The second-order valence-electron chi connectivity index (χ2n) is 8.16. The molecule has 0 amide bonds. The molecule has 0 aromatic rings. The van der Waals surface area contributed by atoms with Crippen LogP contribution in [0.3, 0.4) is 0 Å². The standard InChI is InChI=1S/C18H39ClO3Si/c1-13(2)10-16(7)20-23(19,21-17(8)11-14(3)4)22-18(9)12-15(5)6/h13-18H,10-12H2,1-9H3/t16-,17-,18-/m1/s1. The lowest BCUT2D eigenvalue weighted by Crippen LogP contribution is -2.47. The van der Waals surface area contributed by atoms with E-state index in [1.807, 2.05) is 0 Å². The largest absolute Gasteiger partial charge is 0.613 e. The summed E-state index contributed by atoms with van der Waals surface area (Å²) < 4.78 is 18.3. The van der Waals surface area contributed by atoms with Crippen molar-refractivity contribution in [1.29, 1.82) is 0 Å². The SMILES string of the molecule is CC(C)C[C@@H](C)O[Si](Cl)(O[C@H](C)CC(C)C)O[C@H](C)CC(C)C. The maximum absolute atomic E-state index is 6.75. The van der Waals surface area contributed by atoms with Crippen LogP contribution in [-0.2, 0) is 13.3 Å². The van der Waals surface area contributed by atoms with Gasteiger partial charge >= 0.3 is 8.11 Å². The van der Waals surface area contributed by atoms with Gasteiger partial charge in [0.15, 0.2) is 0 Å². The molecule has 0 radical (unpaired) electrons. The normalized spacial score (nSPS) is 17.1. The number of rotatable bonds is 12. The molecule has 0 aromatic heterocycles. The van der Waals surface area contributed by atoms with E-state index < -0.39 is 8.11 Å². The van der Waals surface area contributed by atoms with Gasteiger partial charge in [0, 0.05) is 18.3 Å². The zero-order chi connectivity index (χ0) is 18.2. The van der Waals surface area contributed by atoms with Crippen LogP contribution < -0.4 is 0 Å². The molecule has 0 aliphatic rings. The van der Waals surface area contributed by atoms with Gasteiger partial charge in [0.1, 0.15) is 0 Å². The Morgan fingerprint density at radius 1 is 0.565 bits per heavy atom. The van der Waals surface area contributed by atoms with Crippen molar-refractivity contribution in [3.8, 4) is 0 Å². The van der Waals surface area contributed by atoms with Crippen molar-refractivity contribution in [2.45, 2.75) is 99.9 Å². The summed E-state index contributed by atoms with van der Waals surface area (Å²) in [5.41, 5.74) is 0. The molecule has 3 atom stereocenters. The van der Waals surface area contributed by atoms with E-state index in [1.165, 1.54) is 0 Å². The predicted octanol–water partition coefficient (Wildman–Crippen LogP) is 6.01. The van der Waals surface area contributed by atoms with Gasteiger partial charge in [-0.05, 0) is 57.8 Å². The lowest BCUT2D eigenvalue weighted by molar-refractivity contribution is -0.00248. The van der Waals surface area contributed by atoms with Gasteiger partial charge in [0.25, 0.3) is 0 Å². The third-order valence-corrected chi connectivity index (χ3v) is 6.29. The highest BCUT2D eigenvalue weighted by molar-refractivity contribution is 7.09. The van der Waals surface area contributed by atoms with Crippen molar-refractivity contribution < 1.29 is 13.3 Å². The van der Waals surface area contributed by atoms with Gasteiger partial charge in [-0.25, -0.2) is 0 Å². The van der Waals surface area contributed by atoms with E-state index in [0.29, 0.717) is 17.8 Å². The minimum absolute atomic E-state index is 0.0386. The highest BCUT2D eigenvalue weighted by Gasteiger charge is 2.45. The molecule has 0 saturated heterocycles. The summed E-state index contributed by atoms with van der Waals surface area (Å²) in [5, 5.41) is 0. The molecule has 0 heterocycles. The highest BCUT2D eigenvalue weighted by atomic mass is 35.6. The maximum atomic E-state index is 6.75. The molecule has 23 heavy (non-hydrogen) atoms. The molecular weight excluding hydrogens is 328 g/mol. The Morgan fingerprint density at radius 2 is 0.783 bits per heavy atom. The van der Waals surface area contributed by atoms with Crippen molar-refractivity contribution in [2.75, 3.05) is 0 Å². The van der Waals surface area contributed by atoms with Crippen LogP contribution in [0, 0.1) is 17.8 Å². The van der Waals surface area contributed by atoms with Gasteiger partial charge in [-0.15, -0.1) is 0 Å². The summed E-state index contributed by atoms with van der Waals surface area (Å²) in [5.74, 6) is 1.67. The second kappa shape index (κ2) is 11.1. The minimum Gasteiger partial charge on any atom is -0.359 e. The van der Waals surface area contributed by atoms with Crippen LogP contribution in [0.2, 0.25) is 0 Å². The molecule has 0 unspecified atom stereocenters. The monoisotopic (exact) mass is 366 g/mol. The lowest BCUT2D eigenvalue weighted by Gasteiger charge is -2.32. The smallest absolute Gasteiger partial charge is 0.359 e. The van der Waals surface area contributed by atoms with E-state index in [0.717, 1.165) is 19.3 Å². The van der Waals surface area contributed by atoms with Crippen LogP contribution in [0.25, 0.3) is 0 Å². The molecule has 0 aliphatic heterocycles. The Bertz CT molecular complexity index is 265. The fourth-order valence-electron chi connectivity index (χ4n) is 2.94. The van der Waals surface area contributed by atoms with Crippen LogP contribution in [0.15, 0.2) is 0 Å². The fourth-order valence-corrected chi connectivity index (χ4v) is 6.21. The van der Waals surface area contributed by atoms with Crippen LogP contribution in [0.4, 0.5) is 0 Å². The molecule has 0 spiro atoms. The third kappa shape index (κ3) is 12.4. The van der Waals surface area contributed by atoms with Gasteiger partial charge in [-0.2, -0.15) is 0 Å². The molecule has 5 heteroatoms. The molecule has 0 aliphatic carbocycles. The topological polar surface area (TPSA) is 27.7 Å². The van der Waals surface area contributed by atoms with Crippen molar-refractivity contribution in [3.05, 3.63) is 0 Å². The van der Waals surface area contributed by atoms with E-state index in [1.54, 1.807) is 0 Å². The van der Waals surface area contributed by atoms with Crippen molar-refractivity contribution in [2.24, 2.45) is 17.8 Å². The summed E-state index contributed by atoms with van der Waals surface area (Å²) in [6, 6.07) is 0. The molecule has 3 nitrogen and oxygen atoms in total. The van der Waals surface area contributed by atoms with E-state index >= 15 is 0 Å². The molecule has 0 N–H and O–H groups in total. The van der Waals surface area contributed by atoms with Gasteiger partial charge in [-0.3, -0.25) is 0 Å². The predicted molar refractivity (Wildman–Crippen MR) is 102 cm³/mol. The quantitative estimate of drug-likeness (QED) is 0.312. The molecule has 0 bridgehead atoms. The highest BCUT2D eigenvalue weighted by Crippen LogP contribution is 2.26. The van der Waals surface area contributed by atoms with E-state index in [-0.39, 0.29) is 18.3 Å². The van der Waals surface area contributed by atoms with Crippen LogP contribution in [0.5, 0.6) is 0 Å². The molecule has 0 rings (SSSR count). The summed E-state index contributed by atoms with van der Waals surface area (Å²) in [4.78, 5) is 0. The summed E-state index contributed by atoms with van der Waals surface area (Å²) in [6.45, 7) is 19.3. The molecule has 0 saturated carbocycles. The molecular formula is C18H39ClO3Si. The van der Waals surface area contributed by atoms with Gasteiger partial charge in [0.2, 0.25) is 0 Å². The average molecular weight is 367 g/mol. The number of hydrogen-bond acceptors (Lipinski definition) is 3. The van der Waals surface area contributed by atoms with E-state index in [4.69, 9.17) is 24.4 Å². The fraction of sp³-hybridized carbons (Fsp3) is 1.00. The van der Waals surface area contributed by atoms with E-state index in [2.05, 4.69) is 62.3 Å². The lowest BCUT2D eigenvalue weighted by atomic mass is 10.1. The first-order valence-corrected chi connectivity index (χ1v) is 11.9. The van der Waals surface area contributed by atoms with Crippen molar-refractivity contribution >= 4 is 19.2 Å². The van der Waals surface area contributed by atoms with Crippen LogP contribution in [0.1, 0.15) is 81.6 Å². The number of hydrogen-bond donors (Lipinski definition) is 0. The van der Waals surface area contributed by atoms with Crippen LogP contribution >= 0.6 is 11.1 Å². The minimum atomic E-state index is -3.17. The van der Waals surface area contributed by atoms with E-state index in [9.17, 15) is 0 Å². The van der Waals surface area contributed by atoms with Crippen molar-refractivity contribution in [1.82, 2.24) is 0 Å². The Labute approximate surface area is 150 Å². The Kier molecular flexibility index (Phi) is 11.3. The molecule has 0 aromatic carbocycles. The van der Waals surface area contributed by atoms with Crippen LogP contribution in [-0.4, -0.2) is 26.4 Å². The first-order valence-electron chi connectivity index (χ1n) is 9.15. The van der Waals surface area contributed by atoms with Gasteiger partial charge < -0.3 is 13.3 Å². The Balaban J connectivity index is 4.87. The van der Waals surface area contributed by atoms with Gasteiger partial charge in [-0.1, -0.05) is 52.6 Å². The zero-order valence-electron chi connectivity index (χ0n) is 16.7.